The Bertz CT molecular complexity index is 303. The summed E-state index contributed by atoms with van der Waals surface area (Å²) in [6.45, 7) is 0.890. The van der Waals surface area contributed by atoms with Crippen LogP contribution < -0.4 is 10.8 Å². The van der Waals surface area contributed by atoms with Crippen LogP contribution in [-0.2, 0) is 4.65 Å². The first-order valence-corrected chi connectivity index (χ1v) is 5.30. The standard InChI is InChI=1S/C9H14BN3O/c1-2-7-6-14-10(12-8(7)3-1)9-4-5-11-13-9/h4-5,7-8,12H,1-3,6H2,(H,11,13)/t7-,8-/m1/s1. The highest BCUT2D eigenvalue weighted by Gasteiger charge is 2.37. The van der Waals surface area contributed by atoms with Gasteiger partial charge in [-0.25, -0.2) is 0 Å². The van der Waals surface area contributed by atoms with Crippen molar-refractivity contribution in [3.63, 3.8) is 0 Å². The number of hydrogen-bond donors (Lipinski definition) is 2. The zero-order valence-corrected chi connectivity index (χ0v) is 8.07. The number of hydrogen-bond acceptors (Lipinski definition) is 3. The van der Waals surface area contributed by atoms with Gasteiger partial charge in [-0.05, 0) is 24.8 Å². The number of nitrogens with one attached hydrogen (secondary N) is 2. The molecular weight excluding hydrogens is 177 g/mol. The molecule has 14 heavy (non-hydrogen) atoms. The average Bonchev–Trinajstić information content (AvgIpc) is 2.88. The molecular formula is C9H14BN3O. The summed E-state index contributed by atoms with van der Waals surface area (Å²) in [5.74, 6) is 0.731. The Hall–Kier alpha value is -0.805. The summed E-state index contributed by atoms with van der Waals surface area (Å²) in [4.78, 5) is 0. The maximum Gasteiger partial charge on any atom is 0.435 e. The summed E-state index contributed by atoms with van der Waals surface area (Å²) >= 11 is 0. The van der Waals surface area contributed by atoms with Gasteiger partial charge in [-0.3, -0.25) is 5.10 Å². The maximum absolute atomic E-state index is 5.75. The summed E-state index contributed by atoms with van der Waals surface area (Å²) in [6, 6.07) is 2.62. The first-order valence-electron chi connectivity index (χ1n) is 5.30. The lowest BCUT2D eigenvalue weighted by Crippen LogP contribution is -2.58. The van der Waals surface area contributed by atoms with Gasteiger partial charge in [0.25, 0.3) is 0 Å². The Morgan fingerprint density at radius 2 is 2.50 bits per heavy atom. The van der Waals surface area contributed by atoms with E-state index in [1.54, 1.807) is 6.20 Å². The normalized spacial score (nSPS) is 31.9. The van der Waals surface area contributed by atoms with Crippen LogP contribution in [-0.4, -0.2) is 29.9 Å². The van der Waals surface area contributed by atoms with Gasteiger partial charge in [-0.15, -0.1) is 0 Å². The van der Waals surface area contributed by atoms with Crippen molar-refractivity contribution in [3.8, 4) is 0 Å². The molecule has 2 aliphatic rings. The minimum absolute atomic E-state index is 0.0249. The topological polar surface area (TPSA) is 49.9 Å². The molecule has 74 valence electrons. The van der Waals surface area contributed by atoms with Crippen molar-refractivity contribution in [1.29, 1.82) is 0 Å². The number of aromatic nitrogens is 2. The molecule has 5 heteroatoms. The second-order valence-electron chi connectivity index (χ2n) is 4.19. The number of aromatic amines is 1. The molecule has 4 nitrogen and oxygen atoms in total. The Kier molecular flexibility index (Phi) is 2.07. The molecule has 0 aromatic carbocycles. The first-order chi connectivity index (χ1) is 6.93. The second-order valence-corrected chi connectivity index (χ2v) is 4.19. The molecule has 2 heterocycles. The van der Waals surface area contributed by atoms with Gasteiger partial charge in [0.15, 0.2) is 0 Å². The molecule has 0 radical (unpaired) electrons. The molecule has 1 saturated heterocycles. The molecule has 0 amide bonds. The van der Waals surface area contributed by atoms with E-state index in [0.717, 1.165) is 18.1 Å². The third-order valence-corrected chi connectivity index (χ3v) is 3.31. The fourth-order valence-corrected chi connectivity index (χ4v) is 2.51. The van der Waals surface area contributed by atoms with Gasteiger partial charge < -0.3 is 9.88 Å². The molecule has 1 aromatic heterocycles. The number of rotatable bonds is 1. The number of nitrogens with zero attached hydrogens (tertiary/aromatic N) is 1. The highest BCUT2D eigenvalue weighted by Crippen LogP contribution is 2.28. The van der Waals surface area contributed by atoms with Gasteiger partial charge in [0.2, 0.25) is 0 Å². The third kappa shape index (κ3) is 1.37. The van der Waals surface area contributed by atoms with E-state index in [1.165, 1.54) is 19.3 Å². The summed E-state index contributed by atoms with van der Waals surface area (Å²) in [6.07, 6.45) is 5.70. The van der Waals surface area contributed by atoms with Crippen LogP contribution in [0.25, 0.3) is 0 Å². The van der Waals surface area contributed by atoms with Gasteiger partial charge in [0.1, 0.15) is 0 Å². The lowest BCUT2D eigenvalue weighted by molar-refractivity contribution is 0.197. The van der Waals surface area contributed by atoms with E-state index in [4.69, 9.17) is 4.65 Å². The van der Waals surface area contributed by atoms with Crippen molar-refractivity contribution >= 4 is 12.6 Å². The molecule has 2 fully saturated rings. The minimum Gasteiger partial charge on any atom is -0.416 e. The smallest absolute Gasteiger partial charge is 0.416 e. The summed E-state index contributed by atoms with van der Waals surface area (Å²) in [7, 11) is 0.0249. The highest BCUT2D eigenvalue weighted by atomic mass is 16.4. The number of fused-ring (bicyclic) bond motifs is 1. The van der Waals surface area contributed by atoms with Crippen LogP contribution in [0.1, 0.15) is 19.3 Å². The lowest BCUT2D eigenvalue weighted by atomic mass is 9.74. The monoisotopic (exact) mass is 191 g/mol. The van der Waals surface area contributed by atoms with E-state index >= 15 is 0 Å². The predicted molar refractivity (Wildman–Crippen MR) is 54.2 cm³/mol. The van der Waals surface area contributed by atoms with Crippen LogP contribution in [0.5, 0.6) is 0 Å². The van der Waals surface area contributed by atoms with Crippen molar-refractivity contribution in [1.82, 2.24) is 15.4 Å². The molecule has 0 bridgehead atoms. The molecule has 1 aliphatic carbocycles. The Morgan fingerprint density at radius 1 is 1.50 bits per heavy atom. The molecule has 1 saturated carbocycles. The van der Waals surface area contributed by atoms with Crippen molar-refractivity contribution in [3.05, 3.63) is 12.3 Å². The van der Waals surface area contributed by atoms with Crippen molar-refractivity contribution < 1.29 is 4.65 Å². The van der Waals surface area contributed by atoms with Crippen LogP contribution >= 0.6 is 0 Å². The molecule has 3 rings (SSSR count). The van der Waals surface area contributed by atoms with Crippen LogP contribution in [0.2, 0.25) is 0 Å². The van der Waals surface area contributed by atoms with Crippen molar-refractivity contribution in [2.24, 2.45) is 5.92 Å². The van der Waals surface area contributed by atoms with E-state index in [9.17, 15) is 0 Å². The fraction of sp³-hybridized carbons (Fsp3) is 0.667. The highest BCUT2D eigenvalue weighted by molar-refractivity contribution is 6.64. The van der Waals surface area contributed by atoms with Gasteiger partial charge in [0, 0.05) is 18.8 Å². The van der Waals surface area contributed by atoms with Crippen LogP contribution in [0.4, 0.5) is 0 Å². The summed E-state index contributed by atoms with van der Waals surface area (Å²) in [5, 5.41) is 10.4. The maximum atomic E-state index is 5.75. The van der Waals surface area contributed by atoms with E-state index < -0.39 is 0 Å². The van der Waals surface area contributed by atoms with Crippen molar-refractivity contribution in [2.45, 2.75) is 25.3 Å². The fourth-order valence-electron chi connectivity index (χ4n) is 2.51. The molecule has 1 aromatic rings. The Labute approximate surface area is 83.6 Å². The molecule has 1 aliphatic heterocycles. The molecule has 0 spiro atoms. The Balaban J connectivity index is 1.73. The second kappa shape index (κ2) is 3.40. The van der Waals surface area contributed by atoms with Gasteiger partial charge >= 0.3 is 7.05 Å². The summed E-state index contributed by atoms with van der Waals surface area (Å²) in [5.41, 5.74) is 1.04. The lowest BCUT2D eigenvalue weighted by Gasteiger charge is -2.30. The number of H-pyrrole nitrogens is 1. The summed E-state index contributed by atoms with van der Waals surface area (Å²) < 4.78 is 5.75. The zero-order valence-electron chi connectivity index (χ0n) is 8.07. The van der Waals surface area contributed by atoms with Gasteiger partial charge in [0.05, 0.1) is 5.59 Å². The van der Waals surface area contributed by atoms with Crippen molar-refractivity contribution in [2.75, 3.05) is 6.61 Å². The third-order valence-electron chi connectivity index (χ3n) is 3.31. The SMILES string of the molecule is c1cc(B2N[C@@H]3CCC[C@@H]3CO2)[nH]n1. The Morgan fingerprint density at radius 3 is 3.36 bits per heavy atom. The largest absolute Gasteiger partial charge is 0.435 e. The quantitative estimate of drug-likeness (QED) is 0.609. The van der Waals surface area contributed by atoms with E-state index in [0.29, 0.717) is 6.04 Å². The molecule has 0 unspecified atom stereocenters. The minimum atomic E-state index is 0.0249. The first kappa shape index (κ1) is 8.50. The van der Waals surface area contributed by atoms with Gasteiger partial charge in [-0.1, -0.05) is 6.42 Å². The molecule has 2 N–H and O–H groups in total. The van der Waals surface area contributed by atoms with E-state index in [2.05, 4.69) is 15.4 Å². The van der Waals surface area contributed by atoms with E-state index in [-0.39, 0.29) is 7.05 Å². The van der Waals surface area contributed by atoms with Crippen LogP contribution in [0.15, 0.2) is 12.3 Å². The predicted octanol–water partition coefficient (Wildman–Crippen LogP) is -0.107. The zero-order chi connectivity index (χ0) is 9.38. The van der Waals surface area contributed by atoms with E-state index in [1.807, 2.05) is 6.07 Å². The molecule has 2 atom stereocenters. The van der Waals surface area contributed by atoms with Gasteiger partial charge in [-0.2, -0.15) is 5.10 Å². The average molecular weight is 191 g/mol. The van der Waals surface area contributed by atoms with Crippen LogP contribution in [0.3, 0.4) is 0 Å². The van der Waals surface area contributed by atoms with Crippen LogP contribution in [0, 0.1) is 5.92 Å².